The SMILES string of the molecule is CCc1ncc(C(=O)N2CCC[C@@H]2c2cnn(C)c2)s1. The van der Waals surface area contributed by atoms with Gasteiger partial charge in [-0.2, -0.15) is 5.10 Å². The van der Waals surface area contributed by atoms with Gasteiger partial charge in [0.1, 0.15) is 4.88 Å². The van der Waals surface area contributed by atoms with Crippen LogP contribution in [-0.4, -0.2) is 32.1 Å². The lowest BCUT2D eigenvalue weighted by Crippen LogP contribution is -2.29. The minimum atomic E-state index is 0.105. The van der Waals surface area contributed by atoms with Crippen LogP contribution in [-0.2, 0) is 13.5 Å². The highest BCUT2D eigenvalue weighted by molar-refractivity contribution is 7.13. The van der Waals surface area contributed by atoms with Crippen molar-refractivity contribution in [2.24, 2.45) is 7.05 Å². The van der Waals surface area contributed by atoms with Crippen LogP contribution in [0.25, 0.3) is 0 Å². The number of thiazole rings is 1. The van der Waals surface area contributed by atoms with Gasteiger partial charge in [0.25, 0.3) is 5.91 Å². The number of aryl methyl sites for hydroxylation is 2. The summed E-state index contributed by atoms with van der Waals surface area (Å²) in [5.41, 5.74) is 1.12. The Hall–Kier alpha value is -1.69. The molecule has 3 heterocycles. The normalized spacial score (nSPS) is 18.7. The van der Waals surface area contributed by atoms with Gasteiger partial charge in [-0.15, -0.1) is 11.3 Å². The second kappa shape index (κ2) is 5.36. The summed E-state index contributed by atoms with van der Waals surface area (Å²) in [4.78, 5) is 19.6. The average molecular weight is 290 g/mol. The summed E-state index contributed by atoms with van der Waals surface area (Å²) < 4.78 is 1.79. The fourth-order valence-electron chi connectivity index (χ4n) is 2.68. The number of likely N-dealkylation sites (tertiary alicyclic amines) is 1. The van der Waals surface area contributed by atoms with Gasteiger partial charge in [0, 0.05) is 25.4 Å². The molecule has 1 fully saturated rings. The van der Waals surface area contributed by atoms with Crippen LogP contribution in [0.3, 0.4) is 0 Å². The number of hydrogen-bond donors (Lipinski definition) is 0. The Kier molecular flexibility index (Phi) is 3.56. The number of carbonyl (C=O) groups excluding carboxylic acids is 1. The molecule has 106 valence electrons. The van der Waals surface area contributed by atoms with Crippen LogP contribution in [0.15, 0.2) is 18.6 Å². The van der Waals surface area contributed by atoms with E-state index in [1.807, 2.05) is 24.3 Å². The van der Waals surface area contributed by atoms with Crippen LogP contribution in [0, 0.1) is 0 Å². The maximum atomic E-state index is 12.6. The van der Waals surface area contributed by atoms with Gasteiger partial charge in [-0.25, -0.2) is 4.98 Å². The van der Waals surface area contributed by atoms with Crippen molar-refractivity contribution < 1.29 is 4.79 Å². The molecule has 6 heteroatoms. The number of nitrogens with zero attached hydrogens (tertiary/aromatic N) is 4. The maximum Gasteiger partial charge on any atom is 0.266 e. The van der Waals surface area contributed by atoms with Crippen LogP contribution in [0.2, 0.25) is 0 Å². The highest BCUT2D eigenvalue weighted by atomic mass is 32.1. The monoisotopic (exact) mass is 290 g/mol. The molecule has 2 aromatic heterocycles. The highest BCUT2D eigenvalue weighted by Crippen LogP contribution is 2.33. The topological polar surface area (TPSA) is 51.0 Å². The summed E-state index contributed by atoms with van der Waals surface area (Å²) in [6.45, 7) is 2.87. The molecular formula is C14H18N4OS. The van der Waals surface area contributed by atoms with Crippen molar-refractivity contribution >= 4 is 17.2 Å². The predicted molar refractivity (Wildman–Crippen MR) is 77.7 cm³/mol. The van der Waals surface area contributed by atoms with Gasteiger partial charge in [-0.05, 0) is 19.3 Å². The minimum absolute atomic E-state index is 0.105. The molecule has 1 amide bonds. The summed E-state index contributed by atoms with van der Waals surface area (Å²) in [7, 11) is 1.90. The molecule has 0 bridgehead atoms. The van der Waals surface area contributed by atoms with E-state index in [0.717, 1.165) is 41.3 Å². The van der Waals surface area contributed by atoms with E-state index in [1.165, 1.54) is 11.3 Å². The van der Waals surface area contributed by atoms with Gasteiger partial charge in [-0.1, -0.05) is 6.92 Å². The lowest BCUT2D eigenvalue weighted by atomic mass is 10.1. The van der Waals surface area contributed by atoms with E-state index < -0.39 is 0 Å². The van der Waals surface area contributed by atoms with E-state index in [2.05, 4.69) is 17.0 Å². The average Bonchev–Trinajstić information content (AvgIpc) is 3.17. The standard InChI is InChI=1S/C14H18N4OS/c1-3-13-15-8-12(20-13)14(19)18-6-4-5-11(18)10-7-16-17(2)9-10/h7-9,11H,3-6H2,1-2H3/t11-/m1/s1. The molecule has 0 aromatic carbocycles. The Bertz CT molecular complexity index is 618. The zero-order chi connectivity index (χ0) is 14.1. The van der Waals surface area contributed by atoms with E-state index in [1.54, 1.807) is 10.9 Å². The number of amides is 1. The summed E-state index contributed by atoms with van der Waals surface area (Å²) in [6, 6.07) is 0.156. The molecule has 0 spiro atoms. The first-order chi connectivity index (χ1) is 9.69. The Morgan fingerprint density at radius 1 is 1.50 bits per heavy atom. The number of hydrogen-bond acceptors (Lipinski definition) is 4. The molecule has 1 saturated heterocycles. The largest absolute Gasteiger partial charge is 0.331 e. The molecule has 2 aromatic rings. The molecule has 0 saturated carbocycles. The van der Waals surface area contributed by atoms with E-state index >= 15 is 0 Å². The molecule has 0 unspecified atom stereocenters. The summed E-state index contributed by atoms with van der Waals surface area (Å²) in [5, 5.41) is 5.23. The predicted octanol–water partition coefficient (Wildman–Crippen LogP) is 2.42. The van der Waals surface area contributed by atoms with Crippen LogP contribution in [0.5, 0.6) is 0 Å². The van der Waals surface area contributed by atoms with Gasteiger partial charge in [0.2, 0.25) is 0 Å². The minimum Gasteiger partial charge on any atom is -0.331 e. The van der Waals surface area contributed by atoms with Crippen molar-refractivity contribution in [3.05, 3.63) is 34.0 Å². The van der Waals surface area contributed by atoms with Crippen molar-refractivity contribution in [3.63, 3.8) is 0 Å². The van der Waals surface area contributed by atoms with Crippen molar-refractivity contribution in [1.82, 2.24) is 19.7 Å². The first kappa shape index (κ1) is 13.3. The smallest absolute Gasteiger partial charge is 0.266 e. The zero-order valence-corrected chi connectivity index (χ0v) is 12.6. The quantitative estimate of drug-likeness (QED) is 0.872. The number of carbonyl (C=O) groups is 1. The first-order valence-corrected chi connectivity index (χ1v) is 7.75. The Labute approximate surface area is 122 Å². The summed E-state index contributed by atoms with van der Waals surface area (Å²) in [6.07, 6.45) is 8.51. The van der Waals surface area contributed by atoms with Crippen molar-refractivity contribution in [1.29, 1.82) is 0 Å². The molecular weight excluding hydrogens is 272 g/mol. The fourth-order valence-corrected chi connectivity index (χ4v) is 3.50. The molecule has 5 nitrogen and oxygen atoms in total. The van der Waals surface area contributed by atoms with Gasteiger partial charge < -0.3 is 4.90 Å². The Balaban J connectivity index is 1.83. The summed E-state index contributed by atoms with van der Waals surface area (Å²) >= 11 is 1.51. The van der Waals surface area contributed by atoms with E-state index in [-0.39, 0.29) is 11.9 Å². The number of aromatic nitrogens is 3. The van der Waals surface area contributed by atoms with Gasteiger partial charge in [0.15, 0.2) is 0 Å². The zero-order valence-electron chi connectivity index (χ0n) is 11.7. The molecule has 1 aliphatic rings. The van der Waals surface area contributed by atoms with Gasteiger partial charge in [0.05, 0.1) is 23.4 Å². The van der Waals surface area contributed by atoms with Crippen LogP contribution in [0.1, 0.15) is 46.0 Å². The molecule has 3 rings (SSSR count). The molecule has 0 aliphatic carbocycles. The van der Waals surface area contributed by atoms with E-state index in [0.29, 0.717) is 0 Å². The molecule has 0 radical (unpaired) electrons. The Morgan fingerprint density at radius 2 is 2.35 bits per heavy atom. The second-order valence-corrected chi connectivity index (χ2v) is 6.19. The molecule has 0 N–H and O–H groups in total. The molecule has 1 aliphatic heterocycles. The lowest BCUT2D eigenvalue weighted by Gasteiger charge is -2.23. The lowest BCUT2D eigenvalue weighted by molar-refractivity contribution is 0.0740. The van der Waals surface area contributed by atoms with Crippen molar-refractivity contribution in [2.45, 2.75) is 32.2 Å². The van der Waals surface area contributed by atoms with Gasteiger partial charge in [-0.3, -0.25) is 9.48 Å². The first-order valence-electron chi connectivity index (χ1n) is 6.93. The van der Waals surface area contributed by atoms with E-state index in [4.69, 9.17) is 0 Å². The third-order valence-electron chi connectivity index (χ3n) is 3.69. The van der Waals surface area contributed by atoms with Crippen molar-refractivity contribution in [2.75, 3.05) is 6.54 Å². The third kappa shape index (κ3) is 2.35. The molecule has 20 heavy (non-hydrogen) atoms. The van der Waals surface area contributed by atoms with Crippen LogP contribution < -0.4 is 0 Å². The third-order valence-corrected chi connectivity index (χ3v) is 4.82. The maximum absolute atomic E-state index is 12.6. The number of rotatable bonds is 3. The van der Waals surface area contributed by atoms with E-state index in [9.17, 15) is 4.79 Å². The van der Waals surface area contributed by atoms with Crippen molar-refractivity contribution in [3.8, 4) is 0 Å². The molecule has 1 atom stereocenters. The van der Waals surface area contributed by atoms with Crippen LogP contribution in [0.4, 0.5) is 0 Å². The fraction of sp³-hybridized carbons (Fsp3) is 0.500. The van der Waals surface area contributed by atoms with Crippen LogP contribution >= 0.6 is 11.3 Å². The Morgan fingerprint density at radius 3 is 3.00 bits per heavy atom. The summed E-state index contributed by atoms with van der Waals surface area (Å²) in [5.74, 6) is 0.105. The highest BCUT2D eigenvalue weighted by Gasteiger charge is 2.32. The second-order valence-electron chi connectivity index (χ2n) is 5.08. The van der Waals surface area contributed by atoms with Gasteiger partial charge >= 0.3 is 0 Å².